The molecule has 1 amide bonds. The third kappa shape index (κ3) is 2.81. The highest BCUT2D eigenvalue weighted by atomic mass is 35.5. The van der Waals surface area contributed by atoms with E-state index in [2.05, 4.69) is 15.4 Å². The predicted octanol–water partition coefficient (Wildman–Crippen LogP) is 4.26. The lowest BCUT2D eigenvalue weighted by molar-refractivity contribution is -0.150. The van der Waals surface area contributed by atoms with Crippen LogP contribution in [0.15, 0.2) is 30.6 Å². The number of rotatable bonds is 5. The van der Waals surface area contributed by atoms with Crippen LogP contribution in [0.2, 0.25) is 5.28 Å². The summed E-state index contributed by atoms with van der Waals surface area (Å²) in [5.74, 6) is 1.94. The number of aromatic nitrogens is 3. The maximum Gasteiger partial charge on any atom is 0.242 e. The van der Waals surface area contributed by atoms with Gasteiger partial charge in [0.1, 0.15) is 12.1 Å². The Kier molecular flexibility index (Phi) is 4.16. The number of hydrogen-bond donors (Lipinski definition) is 1. The summed E-state index contributed by atoms with van der Waals surface area (Å²) in [5, 5.41) is 7.90. The Morgan fingerprint density at radius 2 is 2.04 bits per heavy atom. The van der Waals surface area contributed by atoms with Gasteiger partial charge in [-0.25, -0.2) is 9.67 Å². The largest absolute Gasteiger partial charge is 0.492 e. The number of para-hydroxylation sites is 2. The summed E-state index contributed by atoms with van der Waals surface area (Å²) in [6, 6.07) is 7.67. The van der Waals surface area contributed by atoms with E-state index < -0.39 is 0 Å². The van der Waals surface area contributed by atoms with Crippen LogP contribution in [0.25, 0.3) is 0 Å². The van der Waals surface area contributed by atoms with Gasteiger partial charge in [-0.2, -0.15) is 0 Å². The number of carbonyl (C=O) groups is 1. The lowest BCUT2D eigenvalue weighted by Crippen LogP contribution is -2.60. The second-order valence-corrected chi connectivity index (χ2v) is 9.15. The van der Waals surface area contributed by atoms with E-state index in [1.54, 1.807) is 6.33 Å². The number of ether oxygens (including phenoxy) is 1. The summed E-state index contributed by atoms with van der Waals surface area (Å²) >= 11 is 6.02. The van der Waals surface area contributed by atoms with Gasteiger partial charge in [0.25, 0.3) is 0 Å². The molecule has 4 bridgehead atoms. The van der Waals surface area contributed by atoms with Gasteiger partial charge in [0, 0.05) is 0 Å². The zero-order chi connectivity index (χ0) is 19.4. The van der Waals surface area contributed by atoms with Crippen LogP contribution >= 0.6 is 11.6 Å². The molecule has 6 nitrogen and oxygen atoms in total. The van der Waals surface area contributed by atoms with Crippen LogP contribution in [0, 0.1) is 17.3 Å². The van der Waals surface area contributed by atoms with E-state index in [1.165, 1.54) is 6.42 Å². The average molecular weight is 401 g/mol. The van der Waals surface area contributed by atoms with Crippen LogP contribution in [-0.2, 0) is 10.3 Å². The number of benzene rings is 1. The van der Waals surface area contributed by atoms with E-state index in [-0.39, 0.29) is 22.1 Å². The fraction of sp³-hybridized carbons (Fsp3) is 0.571. The van der Waals surface area contributed by atoms with E-state index >= 15 is 0 Å². The molecule has 6 rings (SSSR count). The minimum atomic E-state index is -0.359. The number of hydrogen-bond acceptors (Lipinski definition) is 4. The first-order chi connectivity index (χ1) is 13.5. The van der Waals surface area contributed by atoms with Crippen LogP contribution in [0.3, 0.4) is 0 Å². The van der Waals surface area contributed by atoms with Crippen LogP contribution in [0.5, 0.6) is 5.75 Å². The highest BCUT2D eigenvalue weighted by Crippen LogP contribution is 2.64. The van der Waals surface area contributed by atoms with E-state index in [0.29, 0.717) is 18.4 Å². The van der Waals surface area contributed by atoms with Crippen molar-refractivity contribution in [3.05, 3.63) is 35.9 Å². The summed E-state index contributed by atoms with van der Waals surface area (Å²) in [4.78, 5) is 17.7. The van der Waals surface area contributed by atoms with Crippen molar-refractivity contribution in [1.29, 1.82) is 0 Å². The molecule has 4 aliphatic rings. The molecule has 4 saturated carbocycles. The number of halogens is 1. The van der Waals surface area contributed by atoms with Gasteiger partial charge in [0.2, 0.25) is 11.2 Å². The Labute approximate surface area is 169 Å². The van der Waals surface area contributed by atoms with Gasteiger partial charge in [-0.05, 0) is 81.0 Å². The molecule has 1 N–H and O–H groups in total. The van der Waals surface area contributed by atoms with Crippen molar-refractivity contribution < 1.29 is 9.53 Å². The summed E-state index contributed by atoms with van der Waals surface area (Å²) < 4.78 is 7.64. The van der Waals surface area contributed by atoms with Crippen molar-refractivity contribution in [1.82, 2.24) is 14.8 Å². The number of anilines is 1. The van der Waals surface area contributed by atoms with Crippen LogP contribution in [-0.4, -0.2) is 27.3 Å². The zero-order valence-electron chi connectivity index (χ0n) is 16.0. The molecule has 2 atom stereocenters. The van der Waals surface area contributed by atoms with Gasteiger partial charge >= 0.3 is 0 Å². The van der Waals surface area contributed by atoms with Crippen molar-refractivity contribution in [3.8, 4) is 5.75 Å². The molecule has 0 unspecified atom stereocenters. The molecule has 0 radical (unpaired) electrons. The van der Waals surface area contributed by atoms with Crippen molar-refractivity contribution in [3.63, 3.8) is 0 Å². The number of carbonyl (C=O) groups excluding carboxylic acids is 1. The molecule has 7 heteroatoms. The van der Waals surface area contributed by atoms with Gasteiger partial charge < -0.3 is 10.1 Å². The number of nitrogens with one attached hydrogen (secondary N) is 1. The third-order valence-electron chi connectivity index (χ3n) is 6.90. The molecule has 1 aromatic heterocycles. The highest BCUT2D eigenvalue weighted by Gasteiger charge is 2.61. The molecule has 148 valence electrons. The number of nitrogens with zero attached hydrogens (tertiary/aromatic N) is 3. The molecule has 2 aromatic rings. The molecule has 4 fully saturated rings. The molecule has 0 aliphatic heterocycles. The van der Waals surface area contributed by atoms with Gasteiger partial charge in [-0.1, -0.05) is 12.1 Å². The molecule has 4 aliphatic carbocycles. The van der Waals surface area contributed by atoms with Gasteiger partial charge in [0.15, 0.2) is 0 Å². The highest BCUT2D eigenvalue weighted by molar-refractivity contribution is 6.28. The summed E-state index contributed by atoms with van der Waals surface area (Å²) in [5.41, 5.74) is 0.256. The maximum absolute atomic E-state index is 13.6. The maximum atomic E-state index is 13.6. The van der Waals surface area contributed by atoms with Crippen molar-refractivity contribution >= 4 is 23.2 Å². The fourth-order valence-electron chi connectivity index (χ4n) is 6.33. The molecule has 1 aromatic carbocycles. The lowest BCUT2D eigenvalue weighted by atomic mass is 9.46. The Hall–Kier alpha value is -2.08. The summed E-state index contributed by atoms with van der Waals surface area (Å²) in [7, 11) is 0. The molecule has 1 heterocycles. The Morgan fingerprint density at radius 3 is 2.71 bits per heavy atom. The first-order valence-corrected chi connectivity index (χ1v) is 10.5. The predicted molar refractivity (Wildman–Crippen MR) is 106 cm³/mol. The van der Waals surface area contributed by atoms with Gasteiger partial charge in [0.05, 0.1) is 23.2 Å². The van der Waals surface area contributed by atoms with E-state index in [9.17, 15) is 4.79 Å². The molecule has 0 saturated heterocycles. The monoisotopic (exact) mass is 400 g/mol. The SMILES string of the molecule is CCOc1ccccc1NC(=O)C12C[C@@H]3C[C@@H](C1)CC(n1cnc(Cl)n1)(C3)C2. The van der Waals surface area contributed by atoms with E-state index in [4.69, 9.17) is 16.3 Å². The van der Waals surface area contributed by atoms with Crippen LogP contribution in [0.4, 0.5) is 5.69 Å². The summed E-state index contributed by atoms with van der Waals surface area (Å²) in [6.07, 6.45) is 7.80. The summed E-state index contributed by atoms with van der Waals surface area (Å²) in [6.45, 7) is 2.52. The number of amides is 1. The average Bonchev–Trinajstić information content (AvgIpc) is 3.10. The standard InChI is InChI=1S/C21H25ClN4O2/c1-2-28-17-6-4-3-5-16(17)24-18(27)20-8-14-7-15(9-20)11-21(10-14,12-20)26-13-23-19(22)25-26/h3-6,13-15H,2,7-12H2,1H3,(H,24,27)/t14-,15-,20?,21?/m0/s1. The zero-order valence-corrected chi connectivity index (χ0v) is 16.8. The van der Waals surface area contributed by atoms with Gasteiger partial charge in [-0.3, -0.25) is 4.79 Å². The topological polar surface area (TPSA) is 69.0 Å². The first kappa shape index (κ1) is 18.0. The van der Waals surface area contributed by atoms with Crippen LogP contribution in [0.1, 0.15) is 45.4 Å². The third-order valence-corrected chi connectivity index (χ3v) is 7.07. The minimum Gasteiger partial charge on any atom is -0.492 e. The van der Waals surface area contributed by atoms with Crippen LogP contribution < -0.4 is 10.1 Å². The molecule has 28 heavy (non-hydrogen) atoms. The van der Waals surface area contributed by atoms with Crippen molar-refractivity contribution in [2.24, 2.45) is 17.3 Å². The fourth-order valence-corrected chi connectivity index (χ4v) is 6.45. The smallest absolute Gasteiger partial charge is 0.242 e. The van der Waals surface area contributed by atoms with E-state index in [1.807, 2.05) is 35.9 Å². The Morgan fingerprint density at radius 1 is 1.29 bits per heavy atom. The quantitative estimate of drug-likeness (QED) is 0.813. The van der Waals surface area contributed by atoms with Crippen molar-refractivity contribution in [2.45, 2.75) is 51.0 Å². The normalized spacial score (nSPS) is 33.1. The van der Waals surface area contributed by atoms with Gasteiger partial charge in [-0.15, -0.1) is 5.10 Å². The lowest BCUT2D eigenvalue weighted by Gasteiger charge is -2.60. The van der Waals surface area contributed by atoms with Crippen molar-refractivity contribution in [2.75, 3.05) is 11.9 Å². The van der Waals surface area contributed by atoms with E-state index in [0.717, 1.165) is 43.5 Å². The second kappa shape index (κ2) is 6.48. The second-order valence-electron chi connectivity index (χ2n) is 8.81. The molecular weight excluding hydrogens is 376 g/mol. The Balaban J connectivity index is 1.46. The molecule has 0 spiro atoms. The Bertz CT molecular complexity index is 897. The minimum absolute atomic E-state index is 0.115. The molecular formula is C21H25ClN4O2. The first-order valence-electron chi connectivity index (χ1n) is 10.1.